The molecule has 0 aliphatic rings. The van der Waals surface area contributed by atoms with Crippen LogP contribution in [-0.2, 0) is 0 Å². The highest BCUT2D eigenvalue weighted by atomic mass is 16.5. The third kappa shape index (κ3) is 4.27. The van der Waals surface area contributed by atoms with Crippen LogP contribution in [0.15, 0.2) is 60.7 Å². The van der Waals surface area contributed by atoms with Crippen LogP contribution in [0.25, 0.3) is 6.08 Å². The van der Waals surface area contributed by atoms with Gasteiger partial charge >= 0.3 is 0 Å². The third-order valence-corrected chi connectivity index (χ3v) is 2.86. The van der Waals surface area contributed by atoms with Gasteiger partial charge in [0, 0.05) is 6.04 Å². The Kier molecular flexibility index (Phi) is 4.76. The average molecular weight is 253 g/mol. The Bertz CT molecular complexity index is 515. The fourth-order valence-corrected chi connectivity index (χ4v) is 1.76. The topological polar surface area (TPSA) is 35.2 Å². The summed E-state index contributed by atoms with van der Waals surface area (Å²) in [6.45, 7) is 2.53. The second-order valence-corrected chi connectivity index (χ2v) is 4.48. The van der Waals surface area contributed by atoms with E-state index >= 15 is 0 Å². The van der Waals surface area contributed by atoms with E-state index in [2.05, 4.69) is 18.2 Å². The highest BCUT2D eigenvalue weighted by Gasteiger charge is 1.98. The molecule has 1 atom stereocenters. The zero-order valence-corrected chi connectivity index (χ0v) is 11.1. The molecule has 0 aliphatic carbocycles. The van der Waals surface area contributed by atoms with Crippen LogP contribution in [0, 0.1) is 0 Å². The molecule has 2 aromatic carbocycles. The minimum atomic E-state index is 0.0621. The van der Waals surface area contributed by atoms with Crippen molar-refractivity contribution in [3.63, 3.8) is 0 Å². The van der Waals surface area contributed by atoms with Crippen molar-refractivity contribution < 1.29 is 4.74 Å². The summed E-state index contributed by atoms with van der Waals surface area (Å²) in [7, 11) is 0. The van der Waals surface area contributed by atoms with E-state index < -0.39 is 0 Å². The molecule has 2 N–H and O–H groups in total. The van der Waals surface area contributed by atoms with E-state index in [1.165, 1.54) is 5.56 Å². The van der Waals surface area contributed by atoms with Gasteiger partial charge in [-0.25, -0.2) is 0 Å². The summed E-state index contributed by atoms with van der Waals surface area (Å²) in [5.74, 6) is 0.863. The van der Waals surface area contributed by atoms with Gasteiger partial charge in [0.25, 0.3) is 0 Å². The smallest absolute Gasteiger partial charge is 0.119 e. The lowest BCUT2D eigenvalue weighted by atomic mass is 10.1. The maximum absolute atomic E-state index is 5.80. The van der Waals surface area contributed by atoms with Gasteiger partial charge in [0.1, 0.15) is 12.4 Å². The van der Waals surface area contributed by atoms with Crippen LogP contribution >= 0.6 is 0 Å². The lowest BCUT2D eigenvalue weighted by Crippen LogP contribution is -2.04. The van der Waals surface area contributed by atoms with Gasteiger partial charge in [0.2, 0.25) is 0 Å². The van der Waals surface area contributed by atoms with Crippen LogP contribution in [0.5, 0.6) is 5.75 Å². The standard InChI is InChI=1S/C17H19NO/c1-14(18)16-9-11-17(12-10-16)19-13-5-8-15-6-3-2-4-7-15/h2-12,14H,13,18H2,1H3/b8-5+. The quantitative estimate of drug-likeness (QED) is 0.879. The Hall–Kier alpha value is -2.06. The molecule has 0 spiro atoms. The molecule has 98 valence electrons. The van der Waals surface area contributed by atoms with Crippen LogP contribution in [0.2, 0.25) is 0 Å². The first-order valence-electron chi connectivity index (χ1n) is 6.45. The minimum absolute atomic E-state index is 0.0621. The molecule has 2 nitrogen and oxygen atoms in total. The normalized spacial score (nSPS) is 12.5. The molecule has 19 heavy (non-hydrogen) atoms. The Morgan fingerprint density at radius 2 is 1.74 bits per heavy atom. The van der Waals surface area contributed by atoms with E-state index in [-0.39, 0.29) is 6.04 Å². The molecular formula is C17H19NO. The number of hydrogen-bond acceptors (Lipinski definition) is 2. The average Bonchev–Trinajstić information content (AvgIpc) is 2.45. The molecule has 0 heterocycles. The highest BCUT2D eigenvalue weighted by molar-refractivity contribution is 5.48. The zero-order valence-electron chi connectivity index (χ0n) is 11.1. The predicted molar refractivity (Wildman–Crippen MR) is 80.0 cm³/mol. The van der Waals surface area contributed by atoms with Crippen molar-refractivity contribution in [1.82, 2.24) is 0 Å². The Labute approximate surface area is 114 Å². The molecule has 0 saturated carbocycles. The van der Waals surface area contributed by atoms with Crippen molar-refractivity contribution in [2.45, 2.75) is 13.0 Å². The molecule has 2 rings (SSSR count). The lowest BCUT2D eigenvalue weighted by molar-refractivity contribution is 0.363. The van der Waals surface area contributed by atoms with Gasteiger partial charge in [-0.15, -0.1) is 0 Å². The lowest BCUT2D eigenvalue weighted by Gasteiger charge is -2.07. The fourth-order valence-electron chi connectivity index (χ4n) is 1.76. The van der Waals surface area contributed by atoms with Crippen molar-refractivity contribution in [3.05, 3.63) is 71.8 Å². The first kappa shape index (κ1) is 13.4. The highest BCUT2D eigenvalue weighted by Crippen LogP contribution is 2.16. The molecule has 0 aromatic heterocycles. The van der Waals surface area contributed by atoms with E-state index in [1.54, 1.807) is 0 Å². The van der Waals surface area contributed by atoms with Crippen molar-refractivity contribution in [2.75, 3.05) is 6.61 Å². The van der Waals surface area contributed by atoms with E-state index in [0.29, 0.717) is 6.61 Å². The second kappa shape index (κ2) is 6.76. The van der Waals surface area contributed by atoms with Gasteiger partial charge in [-0.05, 0) is 36.3 Å². The summed E-state index contributed by atoms with van der Waals surface area (Å²) in [5, 5.41) is 0. The maximum Gasteiger partial charge on any atom is 0.119 e. The summed E-state index contributed by atoms with van der Waals surface area (Å²) in [5.41, 5.74) is 8.09. The van der Waals surface area contributed by atoms with Gasteiger partial charge in [0.05, 0.1) is 0 Å². The van der Waals surface area contributed by atoms with Gasteiger partial charge < -0.3 is 10.5 Å². The monoisotopic (exact) mass is 253 g/mol. The summed E-state index contributed by atoms with van der Waals surface area (Å²) < 4.78 is 5.63. The van der Waals surface area contributed by atoms with Crippen LogP contribution in [0.3, 0.4) is 0 Å². The van der Waals surface area contributed by atoms with Crippen LogP contribution < -0.4 is 10.5 Å². The zero-order chi connectivity index (χ0) is 13.5. The third-order valence-electron chi connectivity index (χ3n) is 2.86. The Morgan fingerprint density at radius 3 is 2.37 bits per heavy atom. The van der Waals surface area contributed by atoms with Crippen molar-refractivity contribution >= 4 is 6.08 Å². The molecule has 0 saturated heterocycles. The molecule has 1 unspecified atom stereocenters. The van der Waals surface area contributed by atoms with E-state index in [1.807, 2.05) is 55.5 Å². The predicted octanol–water partition coefficient (Wildman–Crippen LogP) is 3.80. The SMILES string of the molecule is CC(N)c1ccc(OC/C=C/c2ccccc2)cc1. The summed E-state index contributed by atoms with van der Waals surface area (Å²) in [6, 6.07) is 18.1. The molecule has 0 radical (unpaired) electrons. The molecule has 0 amide bonds. The number of nitrogens with two attached hydrogens (primary N) is 1. The van der Waals surface area contributed by atoms with Crippen molar-refractivity contribution in [2.24, 2.45) is 5.73 Å². The van der Waals surface area contributed by atoms with Gasteiger partial charge in [0.15, 0.2) is 0 Å². The van der Waals surface area contributed by atoms with Gasteiger partial charge in [-0.3, -0.25) is 0 Å². The number of hydrogen-bond donors (Lipinski definition) is 1. The number of rotatable bonds is 5. The van der Waals surface area contributed by atoms with Crippen molar-refractivity contribution in [3.8, 4) is 5.75 Å². The summed E-state index contributed by atoms with van der Waals surface area (Å²) >= 11 is 0. The molecule has 2 aromatic rings. The van der Waals surface area contributed by atoms with Gasteiger partial charge in [-0.2, -0.15) is 0 Å². The fraction of sp³-hybridized carbons (Fsp3) is 0.176. The van der Waals surface area contributed by atoms with E-state index in [0.717, 1.165) is 11.3 Å². The Balaban J connectivity index is 1.84. The number of benzene rings is 2. The van der Waals surface area contributed by atoms with Crippen LogP contribution in [0.1, 0.15) is 24.1 Å². The number of ether oxygens (including phenoxy) is 1. The first-order chi connectivity index (χ1) is 9.25. The largest absolute Gasteiger partial charge is 0.490 e. The maximum atomic E-state index is 5.80. The van der Waals surface area contributed by atoms with Crippen molar-refractivity contribution in [1.29, 1.82) is 0 Å². The van der Waals surface area contributed by atoms with E-state index in [4.69, 9.17) is 10.5 Å². The summed E-state index contributed by atoms with van der Waals surface area (Å²) in [4.78, 5) is 0. The molecule has 0 bridgehead atoms. The minimum Gasteiger partial charge on any atom is -0.490 e. The first-order valence-corrected chi connectivity index (χ1v) is 6.45. The molecule has 0 fully saturated rings. The van der Waals surface area contributed by atoms with Crippen LogP contribution in [0.4, 0.5) is 0 Å². The van der Waals surface area contributed by atoms with Gasteiger partial charge in [-0.1, -0.05) is 48.5 Å². The second-order valence-electron chi connectivity index (χ2n) is 4.48. The molecular weight excluding hydrogens is 234 g/mol. The van der Waals surface area contributed by atoms with Crippen LogP contribution in [-0.4, -0.2) is 6.61 Å². The molecule has 2 heteroatoms. The van der Waals surface area contributed by atoms with E-state index in [9.17, 15) is 0 Å². The Morgan fingerprint density at radius 1 is 1.05 bits per heavy atom. The molecule has 0 aliphatic heterocycles. The summed E-state index contributed by atoms with van der Waals surface area (Å²) in [6.07, 6.45) is 4.06.